The van der Waals surface area contributed by atoms with Crippen LogP contribution >= 0.6 is 34.8 Å². The second-order valence-electron chi connectivity index (χ2n) is 14.3. The van der Waals surface area contributed by atoms with E-state index in [0.717, 1.165) is 0 Å². The lowest BCUT2D eigenvalue weighted by molar-refractivity contribution is -0.135. The van der Waals surface area contributed by atoms with Crippen LogP contribution in [0.3, 0.4) is 0 Å². The van der Waals surface area contributed by atoms with Crippen molar-refractivity contribution in [2.45, 2.75) is 13.8 Å². The summed E-state index contributed by atoms with van der Waals surface area (Å²) in [5.74, 6) is -0.558. The highest BCUT2D eigenvalue weighted by Gasteiger charge is 2.26. The summed E-state index contributed by atoms with van der Waals surface area (Å²) in [6.45, 7) is 6.33. The number of nitrogen functional groups attached to an aromatic ring is 2. The molecule has 0 aliphatic carbocycles. The molecule has 3 aliphatic rings. The highest BCUT2D eigenvalue weighted by Crippen LogP contribution is 2.48. The lowest BCUT2D eigenvalue weighted by Crippen LogP contribution is -2.49. The van der Waals surface area contributed by atoms with Crippen molar-refractivity contribution in [3.05, 3.63) is 104 Å². The average molecular weight is 854 g/mol. The lowest BCUT2D eigenvalue weighted by atomic mass is 9.84. The molecule has 2 fully saturated rings. The third kappa shape index (κ3) is 8.73. The summed E-state index contributed by atoms with van der Waals surface area (Å²) in [5.41, 5.74) is 17.5. The largest absolute Gasteiger partial charge is 0.397 e. The van der Waals surface area contributed by atoms with Crippen LogP contribution in [0.25, 0.3) is 45.5 Å². The topological polar surface area (TPSA) is 175 Å². The zero-order chi connectivity index (χ0) is 42.1. The molecule has 302 valence electrons. The first-order valence-corrected chi connectivity index (χ1v) is 19.9. The Labute approximate surface area is 354 Å². The summed E-state index contributed by atoms with van der Waals surface area (Å²) in [6.07, 6.45) is 6.26. The van der Waals surface area contributed by atoms with E-state index in [1.165, 1.54) is 32.1 Å². The highest BCUT2D eigenvalue weighted by atomic mass is 35.5. The van der Waals surface area contributed by atoms with Crippen molar-refractivity contribution in [3.8, 4) is 33.4 Å². The second-order valence-corrected chi connectivity index (χ2v) is 15.5. The van der Waals surface area contributed by atoms with E-state index in [-0.39, 0.29) is 33.7 Å². The van der Waals surface area contributed by atoms with Crippen LogP contribution in [0.4, 0.5) is 16.2 Å². The molecule has 4 aromatic rings. The van der Waals surface area contributed by atoms with Crippen LogP contribution in [-0.4, -0.2) is 102 Å². The predicted octanol–water partition coefficient (Wildman–Crippen LogP) is 5.59. The fraction of sp³-hybridized carbons (Fsp3) is 0.233. The fourth-order valence-electron chi connectivity index (χ4n) is 7.38. The van der Waals surface area contributed by atoms with Crippen molar-refractivity contribution in [3.63, 3.8) is 0 Å². The zero-order valence-electron chi connectivity index (χ0n) is 32.2. The van der Waals surface area contributed by atoms with Gasteiger partial charge >= 0.3 is 6.03 Å². The number of amides is 6. The number of hydrogen-bond donors (Lipinski definition) is 2. The van der Waals surface area contributed by atoms with E-state index in [9.17, 15) is 24.0 Å². The summed E-state index contributed by atoms with van der Waals surface area (Å²) in [5, 5.41) is 1.42. The van der Waals surface area contributed by atoms with Crippen molar-refractivity contribution in [1.82, 2.24) is 19.6 Å². The monoisotopic (exact) mass is 852 g/mol. The number of urea groups is 1. The Bertz CT molecular complexity index is 2630. The number of nitrogens with zero attached hydrogens (tertiary/aromatic N) is 6. The molecule has 0 aromatic heterocycles. The summed E-state index contributed by atoms with van der Waals surface area (Å²) in [7, 11) is 0. The maximum atomic E-state index is 13.8. The minimum Gasteiger partial charge on any atom is -0.397 e. The molecule has 0 radical (unpaired) electrons. The molecule has 4 aromatic carbocycles. The Kier molecular flexibility index (Phi) is 11.9. The van der Waals surface area contributed by atoms with Crippen LogP contribution in [0.2, 0.25) is 15.1 Å². The first-order valence-electron chi connectivity index (χ1n) is 18.8. The van der Waals surface area contributed by atoms with E-state index in [1.807, 2.05) is 12.1 Å². The van der Waals surface area contributed by atoms with Gasteiger partial charge in [-0.25, -0.2) is 4.79 Å². The van der Waals surface area contributed by atoms with Crippen LogP contribution < -0.4 is 22.2 Å². The summed E-state index contributed by atoms with van der Waals surface area (Å²) in [6, 6.07) is 14.8. The smallest absolute Gasteiger partial charge is 0.368 e. The van der Waals surface area contributed by atoms with Gasteiger partial charge < -0.3 is 31.1 Å². The standard InChI is InChI=1S/C43H39Cl3N8O5/c1-24(55)51-11-15-53(16-12-51)39(57)9-4-26-3-6-28(32(44)19-26)41-29(7-10-40(58)54-17-13-52(14-18-54)25(2)56)42(31-22-37-38(23-33(31)45)50-43(59)49-37)34(46)21-30(41)27-5-8-35(47)36(48)20-27/h3-10,19-23H,11-18,47-48H2,1-2H3/b9-4+,10-7+. The minimum atomic E-state index is -0.662. The fourth-order valence-corrected chi connectivity index (χ4v) is 8.23. The van der Waals surface area contributed by atoms with E-state index < -0.39 is 6.03 Å². The Balaban J connectivity index is 1.38. The number of benzene rings is 4. The number of nitrogens with two attached hydrogens (primary N) is 2. The van der Waals surface area contributed by atoms with Crippen molar-refractivity contribution in [2.75, 3.05) is 63.8 Å². The second kappa shape index (κ2) is 17.1. The number of fused-ring (bicyclic) bond motifs is 1. The van der Waals surface area contributed by atoms with Crippen LogP contribution in [0.1, 0.15) is 25.0 Å². The quantitative estimate of drug-likeness (QED) is 0.180. The van der Waals surface area contributed by atoms with Gasteiger partial charge in [0, 0.05) is 105 Å². The molecule has 0 atom stereocenters. The van der Waals surface area contributed by atoms with E-state index in [1.54, 1.807) is 68.1 Å². The normalized spacial score (nSPS) is 15.4. The molecule has 0 saturated carbocycles. The summed E-state index contributed by atoms with van der Waals surface area (Å²) < 4.78 is 0. The number of halogens is 3. The van der Waals surface area contributed by atoms with Gasteiger partial charge in [0.25, 0.3) is 0 Å². The van der Waals surface area contributed by atoms with Crippen LogP contribution in [0, 0.1) is 0 Å². The van der Waals surface area contributed by atoms with Gasteiger partial charge in [0.1, 0.15) is 0 Å². The number of rotatable bonds is 7. The Morgan fingerprint density at radius 3 is 1.68 bits per heavy atom. The molecule has 7 rings (SSSR count). The van der Waals surface area contributed by atoms with E-state index in [2.05, 4.69) is 9.98 Å². The molecule has 0 unspecified atom stereocenters. The first-order chi connectivity index (χ1) is 28.2. The SMILES string of the molecule is CC(=O)N1CCN(C(=O)/C=C/c2ccc(-c3c(-c4ccc(N)c(N)c4)cc(Cl)c(-c4cc5c(cc4Cl)=NC(=O)N=5)c3/C=C/C(=O)N3CCN(C(C)=O)CC3)c(Cl)c2)CC1. The van der Waals surface area contributed by atoms with Gasteiger partial charge in [0.15, 0.2) is 0 Å². The molecule has 16 heteroatoms. The van der Waals surface area contributed by atoms with Gasteiger partial charge in [-0.1, -0.05) is 53.0 Å². The predicted molar refractivity (Wildman–Crippen MR) is 230 cm³/mol. The van der Waals surface area contributed by atoms with Crippen LogP contribution in [0.5, 0.6) is 0 Å². The van der Waals surface area contributed by atoms with Crippen molar-refractivity contribution in [2.24, 2.45) is 9.98 Å². The number of piperazine rings is 2. The molecule has 59 heavy (non-hydrogen) atoms. The first kappa shape index (κ1) is 41.2. The Morgan fingerprint density at radius 2 is 1.12 bits per heavy atom. The number of carbonyl (C=O) groups excluding carboxylic acids is 5. The Hall–Kier alpha value is -6.02. The molecule has 2 saturated heterocycles. The summed E-state index contributed by atoms with van der Waals surface area (Å²) in [4.78, 5) is 77.6. The molecule has 3 heterocycles. The number of anilines is 2. The van der Waals surface area contributed by atoms with Gasteiger partial charge in [0.2, 0.25) is 23.6 Å². The lowest BCUT2D eigenvalue weighted by Gasteiger charge is -2.33. The van der Waals surface area contributed by atoms with Gasteiger partial charge in [-0.05, 0) is 76.4 Å². The van der Waals surface area contributed by atoms with Gasteiger partial charge in [0.05, 0.1) is 27.1 Å². The van der Waals surface area contributed by atoms with Crippen molar-refractivity contribution >= 4 is 88.0 Å². The van der Waals surface area contributed by atoms with E-state index in [0.29, 0.717) is 124 Å². The van der Waals surface area contributed by atoms with Gasteiger partial charge in [-0.2, -0.15) is 9.98 Å². The van der Waals surface area contributed by atoms with E-state index >= 15 is 0 Å². The third-order valence-electron chi connectivity index (χ3n) is 10.6. The molecule has 3 aliphatic heterocycles. The molecule has 0 bridgehead atoms. The van der Waals surface area contributed by atoms with Crippen LogP contribution in [0.15, 0.2) is 76.7 Å². The molecule has 13 nitrogen and oxygen atoms in total. The van der Waals surface area contributed by atoms with Crippen molar-refractivity contribution < 1.29 is 24.0 Å². The van der Waals surface area contributed by atoms with Crippen molar-refractivity contribution in [1.29, 1.82) is 0 Å². The Morgan fingerprint density at radius 1 is 0.576 bits per heavy atom. The summed E-state index contributed by atoms with van der Waals surface area (Å²) >= 11 is 21.3. The van der Waals surface area contributed by atoms with Crippen LogP contribution in [-0.2, 0) is 19.2 Å². The maximum absolute atomic E-state index is 13.8. The zero-order valence-corrected chi connectivity index (χ0v) is 34.4. The average Bonchev–Trinajstić information content (AvgIpc) is 3.58. The van der Waals surface area contributed by atoms with Gasteiger partial charge in [-0.3, -0.25) is 19.2 Å². The molecular weight excluding hydrogens is 815 g/mol. The number of hydrogen-bond acceptors (Lipinski definition) is 7. The highest BCUT2D eigenvalue weighted by molar-refractivity contribution is 6.38. The number of carbonyl (C=O) groups is 5. The van der Waals surface area contributed by atoms with Gasteiger partial charge in [-0.15, -0.1) is 0 Å². The minimum absolute atomic E-state index is 0.0222. The maximum Gasteiger partial charge on any atom is 0.368 e. The molecule has 4 N–H and O–H groups in total. The molecule has 0 spiro atoms. The molecular formula is C43H39Cl3N8O5. The molecule has 6 amide bonds. The van der Waals surface area contributed by atoms with E-state index in [4.69, 9.17) is 46.3 Å². The third-order valence-corrected chi connectivity index (χ3v) is 11.6.